The fraction of sp³-hybridized carbons (Fsp3) is 0.560. The summed E-state index contributed by atoms with van der Waals surface area (Å²) in [6.45, 7) is 3.85. The Labute approximate surface area is 215 Å². The smallest absolute Gasteiger partial charge is 0.326 e. The Balaban J connectivity index is 2.28. The van der Waals surface area contributed by atoms with Gasteiger partial charge in [-0.25, -0.2) is 4.79 Å². The highest BCUT2D eigenvalue weighted by Crippen LogP contribution is 2.20. The number of nitrogens with two attached hydrogens (primary N) is 1. The number of phenolic OH excluding ortho intramolecular Hbond substituents is 1. The molecular formula is C25H36N4O8. The Morgan fingerprint density at radius 3 is 2.24 bits per heavy atom. The van der Waals surface area contributed by atoms with Crippen molar-refractivity contribution in [3.8, 4) is 5.75 Å². The molecule has 1 heterocycles. The minimum atomic E-state index is -1.30. The monoisotopic (exact) mass is 520 g/mol. The second kappa shape index (κ2) is 13.6. The summed E-state index contributed by atoms with van der Waals surface area (Å²) in [5, 5.41) is 33.3. The third-order valence-corrected chi connectivity index (χ3v) is 6.65. The molecular weight excluding hydrogens is 484 g/mol. The molecule has 7 N–H and O–H groups in total. The van der Waals surface area contributed by atoms with Crippen molar-refractivity contribution in [3.63, 3.8) is 0 Å². The maximum absolute atomic E-state index is 13.4. The number of carboxylic acid groups (broad SMARTS) is 2. The molecule has 5 unspecified atom stereocenters. The molecule has 1 aromatic rings. The summed E-state index contributed by atoms with van der Waals surface area (Å²) >= 11 is 0. The lowest BCUT2D eigenvalue weighted by Gasteiger charge is -2.29. The lowest BCUT2D eigenvalue weighted by atomic mass is 9.98. The van der Waals surface area contributed by atoms with Crippen molar-refractivity contribution in [2.24, 2.45) is 11.7 Å². The lowest BCUT2D eigenvalue weighted by molar-refractivity contribution is -0.150. The van der Waals surface area contributed by atoms with Crippen molar-refractivity contribution in [1.29, 1.82) is 0 Å². The first-order valence-electron chi connectivity index (χ1n) is 12.3. The van der Waals surface area contributed by atoms with Crippen LogP contribution in [0.25, 0.3) is 0 Å². The molecule has 0 aromatic heterocycles. The third kappa shape index (κ3) is 8.45. The number of carboxylic acids is 2. The minimum Gasteiger partial charge on any atom is -0.508 e. The van der Waals surface area contributed by atoms with Gasteiger partial charge in [-0.1, -0.05) is 32.4 Å². The van der Waals surface area contributed by atoms with Gasteiger partial charge in [0.15, 0.2) is 0 Å². The molecule has 12 heteroatoms. The molecule has 0 saturated carbocycles. The molecule has 204 valence electrons. The Hall–Kier alpha value is -3.67. The van der Waals surface area contributed by atoms with Crippen LogP contribution < -0.4 is 16.4 Å². The largest absolute Gasteiger partial charge is 0.508 e. The molecule has 1 aromatic carbocycles. The number of hydrogen-bond acceptors (Lipinski definition) is 7. The van der Waals surface area contributed by atoms with E-state index in [9.17, 15) is 34.2 Å². The Morgan fingerprint density at radius 2 is 1.68 bits per heavy atom. The van der Waals surface area contributed by atoms with E-state index in [0.29, 0.717) is 18.4 Å². The summed E-state index contributed by atoms with van der Waals surface area (Å²) in [6.07, 6.45) is 0.677. The first kappa shape index (κ1) is 29.6. The van der Waals surface area contributed by atoms with Crippen LogP contribution in [0.3, 0.4) is 0 Å². The third-order valence-electron chi connectivity index (χ3n) is 6.65. The molecule has 5 atom stereocenters. The number of benzene rings is 1. The van der Waals surface area contributed by atoms with E-state index in [4.69, 9.17) is 10.8 Å². The summed E-state index contributed by atoms with van der Waals surface area (Å²) in [5.74, 6) is -4.50. The van der Waals surface area contributed by atoms with E-state index < -0.39 is 60.2 Å². The molecule has 1 fully saturated rings. The lowest BCUT2D eigenvalue weighted by Crippen LogP contribution is -2.58. The van der Waals surface area contributed by atoms with Gasteiger partial charge in [-0.15, -0.1) is 0 Å². The van der Waals surface area contributed by atoms with E-state index >= 15 is 0 Å². The van der Waals surface area contributed by atoms with Crippen LogP contribution in [0, 0.1) is 5.92 Å². The van der Waals surface area contributed by atoms with Crippen molar-refractivity contribution in [3.05, 3.63) is 29.8 Å². The zero-order valence-corrected chi connectivity index (χ0v) is 21.1. The number of phenols is 1. The quantitative estimate of drug-likeness (QED) is 0.210. The summed E-state index contributed by atoms with van der Waals surface area (Å²) in [6, 6.07) is 1.59. The van der Waals surface area contributed by atoms with Crippen molar-refractivity contribution in [2.75, 3.05) is 6.54 Å². The van der Waals surface area contributed by atoms with E-state index in [-0.39, 0.29) is 37.5 Å². The highest BCUT2D eigenvalue weighted by molar-refractivity contribution is 5.94. The van der Waals surface area contributed by atoms with E-state index in [2.05, 4.69) is 10.6 Å². The summed E-state index contributed by atoms with van der Waals surface area (Å²) in [5.41, 5.74) is 6.64. The minimum absolute atomic E-state index is 0.00633. The van der Waals surface area contributed by atoms with E-state index in [1.807, 2.05) is 6.92 Å². The van der Waals surface area contributed by atoms with Gasteiger partial charge in [0.25, 0.3) is 0 Å². The molecule has 0 bridgehead atoms. The molecule has 1 aliphatic rings. The number of rotatable bonds is 13. The first-order chi connectivity index (χ1) is 17.4. The van der Waals surface area contributed by atoms with E-state index in [0.717, 1.165) is 4.90 Å². The standard InChI is InChI=1S/C25H36N4O8/c1-3-14(2)21(26)23(34)28-18(13-15-6-8-16(30)9-7-15)22(33)27-17(10-11-20(31)32)24(35)29-12-4-5-19(29)25(36)37/h6-9,14,17-19,21,30H,3-5,10-13,26H2,1-2H3,(H,27,33)(H,28,34)(H,31,32)(H,36,37). The summed E-state index contributed by atoms with van der Waals surface area (Å²) < 4.78 is 0. The number of carbonyl (C=O) groups is 5. The van der Waals surface area contributed by atoms with Gasteiger partial charge in [-0.2, -0.15) is 0 Å². The average Bonchev–Trinajstić information content (AvgIpc) is 3.36. The number of hydrogen-bond donors (Lipinski definition) is 6. The van der Waals surface area contributed by atoms with Crippen LogP contribution in [0.2, 0.25) is 0 Å². The van der Waals surface area contributed by atoms with Crippen molar-refractivity contribution < 1.29 is 39.3 Å². The average molecular weight is 521 g/mol. The molecule has 1 aliphatic heterocycles. The Kier molecular flexibility index (Phi) is 10.9. The SMILES string of the molecule is CCC(C)C(N)C(=O)NC(Cc1ccc(O)cc1)C(=O)NC(CCC(=O)O)C(=O)N1CCCC1C(=O)O. The number of likely N-dealkylation sites (tertiary alicyclic amines) is 1. The number of aliphatic carboxylic acids is 2. The van der Waals surface area contributed by atoms with Crippen molar-refractivity contribution >= 4 is 29.7 Å². The molecule has 0 aliphatic carbocycles. The molecule has 12 nitrogen and oxygen atoms in total. The van der Waals surface area contributed by atoms with Crippen LogP contribution in [0.15, 0.2) is 24.3 Å². The predicted molar refractivity (Wildman–Crippen MR) is 132 cm³/mol. The summed E-state index contributed by atoms with van der Waals surface area (Å²) in [4.78, 5) is 63.3. The van der Waals surface area contributed by atoms with E-state index in [1.54, 1.807) is 19.1 Å². The predicted octanol–water partition coefficient (Wildman–Crippen LogP) is 0.218. The zero-order chi connectivity index (χ0) is 27.7. The van der Waals surface area contributed by atoms with Gasteiger partial charge in [0.2, 0.25) is 17.7 Å². The van der Waals surface area contributed by atoms with Crippen LogP contribution >= 0.6 is 0 Å². The highest BCUT2D eigenvalue weighted by atomic mass is 16.4. The molecule has 0 radical (unpaired) electrons. The fourth-order valence-electron chi connectivity index (χ4n) is 4.14. The number of amides is 3. The van der Waals surface area contributed by atoms with Crippen LogP contribution in [0.5, 0.6) is 5.75 Å². The normalized spacial score (nSPS) is 18.4. The molecule has 3 amide bonds. The fourth-order valence-corrected chi connectivity index (χ4v) is 4.14. The van der Waals surface area contributed by atoms with Gasteiger partial charge in [-0.05, 0) is 42.9 Å². The first-order valence-corrected chi connectivity index (χ1v) is 12.3. The zero-order valence-electron chi connectivity index (χ0n) is 21.1. The second-order valence-electron chi connectivity index (χ2n) is 9.36. The molecule has 37 heavy (non-hydrogen) atoms. The maximum Gasteiger partial charge on any atom is 0.326 e. The van der Waals surface area contributed by atoms with Gasteiger partial charge >= 0.3 is 11.9 Å². The van der Waals surface area contributed by atoms with Gasteiger partial charge in [-0.3, -0.25) is 19.2 Å². The second-order valence-corrected chi connectivity index (χ2v) is 9.36. The Bertz CT molecular complexity index is 983. The van der Waals surface area contributed by atoms with E-state index in [1.165, 1.54) is 12.1 Å². The molecule has 0 spiro atoms. The van der Waals surface area contributed by atoms with Crippen LogP contribution in [-0.2, 0) is 30.4 Å². The van der Waals surface area contributed by atoms with Crippen LogP contribution in [0.1, 0.15) is 51.5 Å². The highest BCUT2D eigenvalue weighted by Gasteiger charge is 2.38. The maximum atomic E-state index is 13.4. The number of aromatic hydroxyl groups is 1. The van der Waals surface area contributed by atoms with Gasteiger partial charge < -0.3 is 36.6 Å². The molecule has 2 rings (SSSR count). The number of nitrogens with one attached hydrogen (secondary N) is 2. The number of nitrogens with zero attached hydrogens (tertiary/aromatic N) is 1. The van der Waals surface area contributed by atoms with Gasteiger partial charge in [0.1, 0.15) is 23.9 Å². The summed E-state index contributed by atoms with van der Waals surface area (Å²) in [7, 11) is 0. The van der Waals surface area contributed by atoms with Crippen LogP contribution in [-0.4, -0.2) is 80.6 Å². The number of carbonyl (C=O) groups excluding carboxylic acids is 3. The Morgan fingerprint density at radius 1 is 1.05 bits per heavy atom. The van der Waals surface area contributed by atoms with Gasteiger partial charge in [0, 0.05) is 19.4 Å². The van der Waals surface area contributed by atoms with Gasteiger partial charge in [0.05, 0.1) is 6.04 Å². The topological polar surface area (TPSA) is 199 Å². The van der Waals surface area contributed by atoms with Crippen LogP contribution in [0.4, 0.5) is 0 Å². The van der Waals surface area contributed by atoms with Crippen molar-refractivity contribution in [2.45, 2.75) is 76.5 Å². The van der Waals surface area contributed by atoms with Crippen molar-refractivity contribution in [1.82, 2.24) is 15.5 Å². The molecule has 1 saturated heterocycles.